The zero-order chi connectivity index (χ0) is 19.4. The molecule has 27 heavy (non-hydrogen) atoms. The highest BCUT2D eigenvalue weighted by molar-refractivity contribution is 6.30. The van der Waals surface area contributed by atoms with Crippen LogP contribution in [0.15, 0.2) is 53.6 Å². The van der Waals surface area contributed by atoms with Crippen molar-refractivity contribution in [3.8, 4) is 5.75 Å². The lowest BCUT2D eigenvalue weighted by atomic mass is 10.1. The third-order valence-electron chi connectivity index (χ3n) is 4.28. The van der Waals surface area contributed by atoms with Crippen molar-refractivity contribution < 1.29 is 9.53 Å². The third-order valence-corrected chi connectivity index (χ3v) is 4.51. The van der Waals surface area contributed by atoms with Gasteiger partial charge in [-0.15, -0.1) is 0 Å². The van der Waals surface area contributed by atoms with Crippen LogP contribution in [0.3, 0.4) is 0 Å². The maximum atomic E-state index is 12.6. The van der Waals surface area contributed by atoms with E-state index in [1.807, 2.05) is 19.1 Å². The summed E-state index contributed by atoms with van der Waals surface area (Å²) in [5.74, 6) is 0.453. The number of hydrogen-bond acceptors (Lipinski definition) is 4. The van der Waals surface area contributed by atoms with Crippen LogP contribution < -0.4 is 10.3 Å². The Morgan fingerprint density at radius 3 is 2.81 bits per heavy atom. The van der Waals surface area contributed by atoms with Gasteiger partial charge in [0.25, 0.3) is 5.56 Å². The summed E-state index contributed by atoms with van der Waals surface area (Å²) in [6.07, 6.45) is 1.42. The van der Waals surface area contributed by atoms with Crippen molar-refractivity contribution in [1.82, 2.24) is 14.5 Å². The predicted molar refractivity (Wildman–Crippen MR) is 105 cm³/mol. The number of para-hydroxylation sites is 1. The molecule has 0 atom stereocenters. The summed E-state index contributed by atoms with van der Waals surface area (Å²) in [6, 6.07) is 12.5. The fourth-order valence-electron chi connectivity index (χ4n) is 2.70. The first kappa shape index (κ1) is 18.9. The Bertz CT molecular complexity index is 1030. The number of carbonyl (C=O) groups excluding carboxylic acids is 1. The average Bonchev–Trinajstić information content (AvgIpc) is 2.64. The molecule has 0 unspecified atom stereocenters. The number of nitrogens with zero attached hydrogens (tertiary/aromatic N) is 3. The molecule has 0 bridgehead atoms. The van der Waals surface area contributed by atoms with E-state index in [0.29, 0.717) is 34.8 Å². The SMILES string of the molecule is Cc1cccc2c(=O)n(CC(=O)N(C)CCOc3cccc(Cl)c3)cnc12. The Morgan fingerprint density at radius 1 is 1.26 bits per heavy atom. The van der Waals surface area contributed by atoms with Gasteiger partial charge >= 0.3 is 0 Å². The highest BCUT2D eigenvalue weighted by Crippen LogP contribution is 2.17. The van der Waals surface area contributed by atoms with E-state index < -0.39 is 0 Å². The van der Waals surface area contributed by atoms with Gasteiger partial charge in [0.2, 0.25) is 5.91 Å². The van der Waals surface area contributed by atoms with Crippen LogP contribution in [0.4, 0.5) is 0 Å². The maximum absolute atomic E-state index is 12.6. The summed E-state index contributed by atoms with van der Waals surface area (Å²) in [4.78, 5) is 30.9. The van der Waals surface area contributed by atoms with E-state index in [9.17, 15) is 9.59 Å². The van der Waals surface area contributed by atoms with Gasteiger partial charge in [-0.05, 0) is 36.8 Å². The van der Waals surface area contributed by atoms with E-state index in [4.69, 9.17) is 16.3 Å². The van der Waals surface area contributed by atoms with Gasteiger partial charge in [0.05, 0.1) is 23.8 Å². The molecule has 0 radical (unpaired) electrons. The number of rotatable bonds is 6. The standard InChI is InChI=1S/C20H20ClN3O3/c1-14-5-3-8-17-19(14)22-13-24(20(17)26)12-18(25)23(2)9-10-27-16-7-4-6-15(21)11-16/h3-8,11,13H,9-10,12H2,1-2H3. The summed E-state index contributed by atoms with van der Waals surface area (Å²) in [7, 11) is 1.67. The summed E-state index contributed by atoms with van der Waals surface area (Å²) in [6.45, 7) is 2.55. The van der Waals surface area contributed by atoms with Crippen molar-refractivity contribution in [3.05, 3.63) is 69.7 Å². The molecule has 0 fully saturated rings. The number of likely N-dealkylation sites (N-methyl/N-ethyl adjacent to an activating group) is 1. The number of amides is 1. The molecule has 3 aromatic rings. The van der Waals surface area contributed by atoms with Gasteiger partial charge in [-0.1, -0.05) is 29.8 Å². The number of ether oxygens (including phenoxy) is 1. The van der Waals surface area contributed by atoms with Crippen molar-refractivity contribution in [1.29, 1.82) is 0 Å². The lowest BCUT2D eigenvalue weighted by Crippen LogP contribution is -2.36. The predicted octanol–water partition coefficient (Wildman–Crippen LogP) is 2.90. The van der Waals surface area contributed by atoms with Crippen molar-refractivity contribution in [3.63, 3.8) is 0 Å². The van der Waals surface area contributed by atoms with Gasteiger partial charge in [-0.3, -0.25) is 14.2 Å². The molecule has 0 aliphatic rings. The van der Waals surface area contributed by atoms with Crippen LogP contribution in [-0.4, -0.2) is 40.6 Å². The molecule has 0 aliphatic heterocycles. The van der Waals surface area contributed by atoms with Gasteiger partial charge in [0, 0.05) is 12.1 Å². The quantitative estimate of drug-likeness (QED) is 0.654. The topological polar surface area (TPSA) is 64.4 Å². The van der Waals surface area contributed by atoms with Crippen LogP contribution in [0, 0.1) is 6.92 Å². The van der Waals surface area contributed by atoms with E-state index in [2.05, 4.69) is 4.98 Å². The van der Waals surface area contributed by atoms with Crippen LogP contribution in [0.5, 0.6) is 5.75 Å². The summed E-state index contributed by atoms with van der Waals surface area (Å²) < 4.78 is 6.92. The van der Waals surface area contributed by atoms with E-state index in [0.717, 1.165) is 5.56 Å². The summed E-state index contributed by atoms with van der Waals surface area (Å²) >= 11 is 5.91. The second-order valence-electron chi connectivity index (χ2n) is 6.27. The molecule has 1 heterocycles. The Morgan fingerprint density at radius 2 is 2.04 bits per heavy atom. The second kappa shape index (κ2) is 8.22. The van der Waals surface area contributed by atoms with Crippen molar-refractivity contribution in [2.24, 2.45) is 0 Å². The number of benzene rings is 2. The summed E-state index contributed by atoms with van der Waals surface area (Å²) in [5, 5.41) is 1.10. The van der Waals surface area contributed by atoms with Gasteiger partial charge in [-0.25, -0.2) is 4.98 Å². The van der Waals surface area contributed by atoms with E-state index in [1.54, 1.807) is 37.4 Å². The van der Waals surface area contributed by atoms with Crippen LogP contribution in [0.1, 0.15) is 5.56 Å². The van der Waals surface area contributed by atoms with Crippen LogP contribution >= 0.6 is 11.6 Å². The minimum absolute atomic E-state index is 0.0661. The molecule has 0 aliphatic carbocycles. The van der Waals surface area contributed by atoms with Gasteiger partial charge in [0.1, 0.15) is 18.9 Å². The Labute approximate surface area is 162 Å². The molecule has 0 saturated carbocycles. The number of aromatic nitrogens is 2. The van der Waals surface area contributed by atoms with Crippen LogP contribution in [0.2, 0.25) is 5.02 Å². The smallest absolute Gasteiger partial charge is 0.261 e. The molecule has 0 N–H and O–H groups in total. The minimum Gasteiger partial charge on any atom is -0.492 e. The van der Waals surface area contributed by atoms with Gasteiger partial charge in [0.15, 0.2) is 0 Å². The largest absolute Gasteiger partial charge is 0.492 e. The first-order valence-corrected chi connectivity index (χ1v) is 8.90. The molecule has 2 aromatic carbocycles. The zero-order valence-corrected chi connectivity index (χ0v) is 15.9. The number of halogens is 1. The first-order valence-electron chi connectivity index (χ1n) is 8.53. The van der Waals surface area contributed by atoms with Gasteiger partial charge < -0.3 is 9.64 Å². The van der Waals surface area contributed by atoms with E-state index in [1.165, 1.54) is 15.8 Å². The number of carbonyl (C=O) groups is 1. The average molecular weight is 386 g/mol. The van der Waals surface area contributed by atoms with E-state index in [-0.39, 0.29) is 18.0 Å². The van der Waals surface area contributed by atoms with Crippen molar-refractivity contribution in [2.45, 2.75) is 13.5 Å². The lowest BCUT2D eigenvalue weighted by Gasteiger charge is -2.18. The van der Waals surface area contributed by atoms with Gasteiger partial charge in [-0.2, -0.15) is 0 Å². The minimum atomic E-state index is -0.222. The monoisotopic (exact) mass is 385 g/mol. The molecule has 6 nitrogen and oxygen atoms in total. The highest BCUT2D eigenvalue weighted by Gasteiger charge is 2.13. The molecular formula is C20H20ClN3O3. The Balaban J connectivity index is 1.62. The fourth-order valence-corrected chi connectivity index (χ4v) is 2.88. The molecule has 0 spiro atoms. The van der Waals surface area contributed by atoms with Crippen LogP contribution in [-0.2, 0) is 11.3 Å². The number of hydrogen-bond donors (Lipinski definition) is 0. The Kier molecular flexibility index (Phi) is 5.76. The Hall–Kier alpha value is -2.86. The molecule has 1 aromatic heterocycles. The molecule has 1 amide bonds. The second-order valence-corrected chi connectivity index (χ2v) is 6.71. The van der Waals surface area contributed by atoms with Crippen LogP contribution in [0.25, 0.3) is 10.9 Å². The normalized spacial score (nSPS) is 10.8. The summed E-state index contributed by atoms with van der Waals surface area (Å²) in [5.41, 5.74) is 1.37. The fraction of sp³-hybridized carbons (Fsp3) is 0.250. The number of fused-ring (bicyclic) bond motifs is 1. The zero-order valence-electron chi connectivity index (χ0n) is 15.2. The van der Waals surface area contributed by atoms with Crippen molar-refractivity contribution in [2.75, 3.05) is 20.2 Å². The molecule has 7 heteroatoms. The maximum Gasteiger partial charge on any atom is 0.261 e. The third kappa shape index (κ3) is 4.46. The number of aryl methyl sites for hydroxylation is 1. The first-order chi connectivity index (χ1) is 13.0. The molecular weight excluding hydrogens is 366 g/mol. The molecule has 3 rings (SSSR count). The molecule has 0 saturated heterocycles. The highest BCUT2D eigenvalue weighted by atomic mass is 35.5. The van der Waals surface area contributed by atoms with E-state index >= 15 is 0 Å². The lowest BCUT2D eigenvalue weighted by molar-refractivity contribution is -0.130. The van der Waals surface area contributed by atoms with Crippen molar-refractivity contribution >= 4 is 28.4 Å². The molecule has 140 valence electrons.